The van der Waals surface area contributed by atoms with Crippen molar-refractivity contribution in [3.63, 3.8) is 0 Å². The van der Waals surface area contributed by atoms with Gasteiger partial charge in [0.15, 0.2) is 0 Å². The minimum Gasteiger partial charge on any atom is -0.192 e. The Morgan fingerprint density at radius 1 is 0.371 bits per heavy atom. The number of nitrogens with zero attached hydrogens (tertiary/aromatic N) is 8. The molecule has 3 aromatic rings. The third-order valence-corrected chi connectivity index (χ3v) is 4.22. The smallest absolute Gasteiger partial charge is 0.101 e. The predicted octanol–water partition coefficient (Wildman–Crippen LogP) is 4.34. The molecule has 0 spiro atoms. The Morgan fingerprint density at radius 2 is 0.571 bits per heavy atom. The third-order valence-electron chi connectivity index (χ3n) is 4.22. The van der Waals surface area contributed by atoms with Gasteiger partial charge >= 0.3 is 0 Å². The zero-order valence-electron chi connectivity index (χ0n) is 18.3. The lowest BCUT2D eigenvalue weighted by Gasteiger charge is -1.96. The molecular weight excluding hydrogens is 436 g/mol. The summed E-state index contributed by atoms with van der Waals surface area (Å²) in [4.78, 5) is 0. The molecule has 0 fully saturated rings. The number of aryl methyl sites for hydroxylation is 1. The van der Waals surface area contributed by atoms with Crippen molar-refractivity contribution in [2.45, 2.75) is 6.92 Å². The molecule has 0 aliphatic carbocycles. The van der Waals surface area contributed by atoms with E-state index < -0.39 is 0 Å². The maximum absolute atomic E-state index is 8.64. The van der Waals surface area contributed by atoms with Gasteiger partial charge in [-0.15, -0.1) is 0 Å². The highest BCUT2D eigenvalue weighted by Gasteiger charge is 2.09. The number of nitriles is 8. The van der Waals surface area contributed by atoms with E-state index in [1.54, 1.807) is 48.6 Å². The van der Waals surface area contributed by atoms with Gasteiger partial charge in [0.25, 0.3) is 0 Å². The zero-order valence-corrected chi connectivity index (χ0v) is 18.3. The summed E-state index contributed by atoms with van der Waals surface area (Å²) in [5.41, 5.74) is 2.23. The Balaban J connectivity index is 0.000000277. The highest BCUT2D eigenvalue weighted by molar-refractivity contribution is 5.58. The molecule has 0 radical (unpaired) electrons. The van der Waals surface area contributed by atoms with Gasteiger partial charge in [-0.2, -0.15) is 42.1 Å². The van der Waals surface area contributed by atoms with Crippen molar-refractivity contribution >= 4 is 0 Å². The van der Waals surface area contributed by atoms with Crippen LogP contribution >= 0.6 is 0 Å². The molecule has 3 aromatic carbocycles. The Bertz CT molecular complexity index is 1280. The Labute approximate surface area is 202 Å². The largest absolute Gasteiger partial charge is 0.192 e. The molecule has 8 nitrogen and oxygen atoms in total. The van der Waals surface area contributed by atoms with Crippen LogP contribution in [0.3, 0.4) is 0 Å². The molecule has 0 saturated heterocycles. The monoisotopic (exact) mass is 448 g/mol. The fraction of sp³-hybridized carbons (Fsp3) is 0.0370. The molecule has 0 aliphatic heterocycles. The molecule has 0 aliphatic rings. The van der Waals surface area contributed by atoms with E-state index >= 15 is 0 Å². The van der Waals surface area contributed by atoms with Crippen LogP contribution in [0.15, 0.2) is 54.6 Å². The summed E-state index contributed by atoms with van der Waals surface area (Å²) in [5, 5.41) is 69.1. The molecule has 0 amide bonds. The van der Waals surface area contributed by atoms with Crippen LogP contribution in [0.1, 0.15) is 50.1 Å². The molecule has 0 bridgehead atoms. The first-order chi connectivity index (χ1) is 16.9. The van der Waals surface area contributed by atoms with E-state index in [0.29, 0.717) is 0 Å². The fourth-order valence-electron chi connectivity index (χ4n) is 2.47. The average Bonchev–Trinajstić information content (AvgIpc) is 2.92. The summed E-state index contributed by atoms with van der Waals surface area (Å²) in [6, 6.07) is 29.6. The van der Waals surface area contributed by atoms with Gasteiger partial charge in [-0.05, 0) is 31.2 Å². The normalized spacial score (nSPS) is 7.91. The van der Waals surface area contributed by atoms with Crippen LogP contribution in [0, 0.1) is 97.6 Å². The Hall–Kier alpha value is -6.42. The summed E-state index contributed by atoms with van der Waals surface area (Å²) in [6.07, 6.45) is 0. The molecule has 35 heavy (non-hydrogen) atoms. The van der Waals surface area contributed by atoms with Crippen LogP contribution in [0.25, 0.3) is 0 Å². The standard InChI is InChI=1S/2C10H2N4.C7H8/c2*11-3-7-1-8(4-12)10(6-14)2-9(7)5-13;1-7-5-3-2-4-6-7/h2*1-2H;2-6H,1H3. The minimum absolute atomic E-state index is 0.114. The van der Waals surface area contributed by atoms with E-state index in [4.69, 9.17) is 42.1 Å². The van der Waals surface area contributed by atoms with E-state index in [2.05, 4.69) is 19.1 Å². The molecule has 0 saturated carbocycles. The molecule has 0 unspecified atom stereocenters. The van der Waals surface area contributed by atoms with E-state index in [1.165, 1.54) is 29.8 Å². The lowest BCUT2D eigenvalue weighted by atomic mass is 10.0. The van der Waals surface area contributed by atoms with Gasteiger partial charge in [-0.1, -0.05) is 35.9 Å². The van der Waals surface area contributed by atoms with Gasteiger partial charge in [0.05, 0.1) is 44.5 Å². The first-order valence-corrected chi connectivity index (χ1v) is 9.51. The van der Waals surface area contributed by atoms with Crippen LogP contribution in [-0.2, 0) is 0 Å². The summed E-state index contributed by atoms with van der Waals surface area (Å²) >= 11 is 0. The van der Waals surface area contributed by atoms with Gasteiger partial charge in [0, 0.05) is 0 Å². The lowest BCUT2D eigenvalue weighted by Crippen LogP contribution is -1.90. The molecule has 8 heteroatoms. The van der Waals surface area contributed by atoms with Gasteiger partial charge in [-0.25, -0.2) is 0 Å². The number of hydrogen-bond acceptors (Lipinski definition) is 8. The zero-order chi connectivity index (χ0) is 26.2. The van der Waals surface area contributed by atoms with Crippen molar-refractivity contribution in [1.29, 1.82) is 42.1 Å². The van der Waals surface area contributed by atoms with Crippen LogP contribution in [-0.4, -0.2) is 0 Å². The SMILES string of the molecule is Cc1ccccc1.N#Cc1cc(C#N)c(C#N)cc1C#N.N#Cc1cc(C#N)c(C#N)cc1C#N. The summed E-state index contributed by atoms with van der Waals surface area (Å²) in [5.74, 6) is 0. The van der Waals surface area contributed by atoms with Crippen molar-refractivity contribution in [3.05, 3.63) is 105 Å². The second-order valence-corrected chi connectivity index (χ2v) is 6.44. The van der Waals surface area contributed by atoms with Crippen LogP contribution < -0.4 is 0 Å². The summed E-state index contributed by atoms with van der Waals surface area (Å²) in [6.45, 7) is 2.08. The highest BCUT2D eigenvalue weighted by Crippen LogP contribution is 2.15. The Kier molecular flexibility index (Phi) is 10.5. The van der Waals surface area contributed by atoms with Crippen LogP contribution in [0.2, 0.25) is 0 Å². The summed E-state index contributed by atoms with van der Waals surface area (Å²) in [7, 11) is 0. The number of hydrogen-bond donors (Lipinski definition) is 0. The molecule has 0 heterocycles. The molecule has 0 atom stereocenters. The van der Waals surface area contributed by atoms with E-state index in [0.717, 1.165) is 0 Å². The van der Waals surface area contributed by atoms with Crippen molar-refractivity contribution in [3.8, 4) is 48.6 Å². The second-order valence-electron chi connectivity index (χ2n) is 6.44. The molecule has 160 valence electrons. The molecular formula is C27H12N8. The molecule has 3 rings (SSSR count). The first-order valence-electron chi connectivity index (χ1n) is 9.51. The second kappa shape index (κ2) is 13.8. The van der Waals surface area contributed by atoms with Gasteiger partial charge in [0.2, 0.25) is 0 Å². The van der Waals surface area contributed by atoms with Crippen molar-refractivity contribution < 1.29 is 0 Å². The topological polar surface area (TPSA) is 190 Å². The first kappa shape index (κ1) is 26.6. The number of rotatable bonds is 0. The predicted molar refractivity (Wildman–Crippen MR) is 122 cm³/mol. The highest BCUT2D eigenvalue weighted by atomic mass is 14.3. The van der Waals surface area contributed by atoms with E-state index in [-0.39, 0.29) is 44.5 Å². The van der Waals surface area contributed by atoms with Gasteiger partial charge < -0.3 is 0 Å². The van der Waals surface area contributed by atoms with Crippen LogP contribution in [0.5, 0.6) is 0 Å². The Morgan fingerprint density at radius 3 is 0.686 bits per heavy atom. The molecule has 0 N–H and O–H groups in total. The fourth-order valence-corrected chi connectivity index (χ4v) is 2.47. The van der Waals surface area contributed by atoms with Crippen molar-refractivity contribution in [2.24, 2.45) is 0 Å². The minimum atomic E-state index is 0.114. The summed E-state index contributed by atoms with van der Waals surface area (Å²) < 4.78 is 0. The van der Waals surface area contributed by atoms with E-state index in [9.17, 15) is 0 Å². The number of benzene rings is 3. The van der Waals surface area contributed by atoms with E-state index in [1.807, 2.05) is 18.2 Å². The molecule has 0 aromatic heterocycles. The van der Waals surface area contributed by atoms with Crippen molar-refractivity contribution in [2.75, 3.05) is 0 Å². The average molecular weight is 448 g/mol. The van der Waals surface area contributed by atoms with Gasteiger partial charge in [0.1, 0.15) is 48.6 Å². The maximum atomic E-state index is 8.64. The van der Waals surface area contributed by atoms with Gasteiger partial charge in [-0.3, -0.25) is 0 Å². The third kappa shape index (κ3) is 7.34. The van der Waals surface area contributed by atoms with Crippen LogP contribution in [0.4, 0.5) is 0 Å². The lowest BCUT2D eigenvalue weighted by molar-refractivity contribution is 1.38. The van der Waals surface area contributed by atoms with Crippen molar-refractivity contribution in [1.82, 2.24) is 0 Å². The quantitative estimate of drug-likeness (QED) is 0.484. The maximum Gasteiger partial charge on any atom is 0.101 e.